The maximum atomic E-state index is 11.8. The van der Waals surface area contributed by atoms with Gasteiger partial charge in [0.15, 0.2) is 11.7 Å². The highest BCUT2D eigenvalue weighted by atomic mass is 16.3. The number of amidine groups is 2. The van der Waals surface area contributed by atoms with Crippen molar-refractivity contribution in [2.75, 3.05) is 5.32 Å². The van der Waals surface area contributed by atoms with Gasteiger partial charge in [-0.05, 0) is 48.5 Å². The second-order valence-corrected chi connectivity index (χ2v) is 5.04. The van der Waals surface area contributed by atoms with Gasteiger partial charge in [-0.2, -0.15) is 0 Å². The topological polar surface area (TPSA) is 120 Å². The van der Waals surface area contributed by atoms with Crippen LogP contribution >= 0.6 is 0 Å². The maximum Gasteiger partial charge on any atom is 0.222 e. The smallest absolute Gasteiger partial charge is 0.222 e. The van der Waals surface area contributed by atoms with Crippen LogP contribution in [0.25, 0.3) is 0 Å². The number of carbonyl (C=O) groups excluding carboxylic acids is 1. The number of ketones is 1. The third kappa shape index (κ3) is 3.41. The minimum absolute atomic E-state index is 0.124. The molecule has 0 aliphatic carbocycles. The molecule has 0 atom stereocenters. The van der Waals surface area contributed by atoms with Crippen molar-refractivity contribution in [3.63, 3.8) is 0 Å². The Morgan fingerprint density at radius 2 is 1.54 bits per heavy atom. The molecule has 3 rings (SSSR count). The van der Waals surface area contributed by atoms with Crippen LogP contribution in [-0.2, 0) is 4.79 Å². The van der Waals surface area contributed by atoms with Gasteiger partial charge < -0.3 is 21.3 Å². The lowest BCUT2D eigenvalue weighted by atomic mass is 10.2. The van der Waals surface area contributed by atoms with Gasteiger partial charge in [-0.1, -0.05) is 0 Å². The quantitative estimate of drug-likeness (QED) is 0.645. The minimum atomic E-state index is -0.416. The highest BCUT2D eigenvalue weighted by molar-refractivity contribution is 6.47. The average Bonchev–Trinajstić information content (AvgIpc) is 2.56. The lowest BCUT2D eigenvalue weighted by molar-refractivity contribution is -0.109. The first kappa shape index (κ1) is 15.3. The molecule has 0 aromatic heterocycles. The number of nitrogens with two attached hydrogens (primary N) is 1. The summed E-state index contributed by atoms with van der Waals surface area (Å²) in [7, 11) is 0. The molecule has 1 aliphatic rings. The van der Waals surface area contributed by atoms with Gasteiger partial charge in [0.25, 0.3) is 0 Å². The fraction of sp³-hybridized carbons (Fsp3) is 0. The molecule has 7 heteroatoms. The van der Waals surface area contributed by atoms with Gasteiger partial charge in [-0.15, -0.1) is 0 Å². The normalized spacial score (nSPS) is 15.8. The Hall–Kier alpha value is -3.61. The van der Waals surface area contributed by atoms with Crippen LogP contribution in [0.5, 0.6) is 11.5 Å². The molecule has 0 radical (unpaired) electrons. The van der Waals surface area contributed by atoms with E-state index in [1.165, 1.54) is 30.3 Å². The molecule has 24 heavy (non-hydrogen) atoms. The van der Waals surface area contributed by atoms with E-state index in [0.717, 1.165) is 0 Å². The Labute approximate surface area is 137 Å². The van der Waals surface area contributed by atoms with Gasteiger partial charge in [0.2, 0.25) is 5.78 Å². The molecule has 5 N–H and O–H groups in total. The maximum absolute atomic E-state index is 11.8. The van der Waals surface area contributed by atoms with E-state index in [1.807, 2.05) is 0 Å². The molecule has 0 spiro atoms. The Morgan fingerprint density at radius 3 is 2.17 bits per heavy atom. The summed E-state index contributed by atoms with van der Waals surface area (Å²) in [6.07, 6.45) is 1.31. The first-order chi connectivity index (χ1) is 11.5. The predicted molar refractivity (Wildman–Crippen MR) is 91.6 cm³/mol. The second kappa shape index (κ2) is 6.25. The van der Waals surface area contributed by atoms with Gasteiger partial charge in [0.1, 0.15) is 11.5 Å². The fourth-order valence-electron chi connectivity index (χ4n) is 2.03. The number of rotatable bonds is 3. The molecule has 0 amide bonds. The average molecular weight is 322 g/mol. The number of phenolic OH excluding ortho intramolecular Hbond substituents is 2. The van der Waals surface area contributed by atoms with E-state index in [-0.39, 0.29) is 23.2 Å². The summed E-state index contributed by atoms with van der Waals surface area (Å²) in [6.45, 7) is 0. The molecule has 120 valence electrons. The zero-order chi connectivity index (χ0) is 17.1. The molecular weight excluding hydrogens is 308 g/mol. The Kier molecular flexibility index (Phi) is 3.98. The number of carbonyl (C=O) groups is 1. The first-order valence-electron chi connectivity index (χ1n) is 7.05. The van der Waals surface area contributed by atoms with Crippen molar-refractivity contribution < 1.29 is 15.0 Å². The number of aliphatic imine (C=N–C) groups is 2. The lowest BCUT2D eigenvalue weighted by Crippen LogP contribution is -2.30. The predicted octanol–water partition coefficient (Wildman–Crippen LogP) is 2.06. The fourth-order valence-corrected chi connectivity index (χ4v) is 2.03. The van der Waals surface area contributed by atoms with Crippen molar-refractivity contribution in [3.8, 4) is 11.5 Å². The monoisotopic (exact) mass is 322 g/mol. The van der Waals surface area contributed by atoms with Crippen LogP contribution < -0.4 is 11.1 Å². The van der Waals surface area contributed by atoms with Crippen LogP contribution in [-0.4, -0.2) is 27.7 Å². The van der Waals surface area contributed by atoms with E-state index in [0.29, 0.717) is 17.1 Å². The van der Waals surface area contributed by atoms with Gasteiger partial charge in [0.05, 0.1) is 11.4 Å². The van der Waals surface area contributed by atoms with Crippen molar-refractivity contribution in [1.82, 2.24) is 0 Å². The summed E-state index contributed by atoms with van der Waals surface area (Å²) in [5, 5.41) is 21.7. The van der Waals surface area contributed by atoms with Crippen molar-refractivity contribution in [2.45, 2.75) is 0 Å². The number of aromatic hydroxyl groups is 2. The molecular formula is C17H14N4O3. The SMILES string of the molecule is NC1=N/C(=N/c2ccc(O)cc2)C(Nc2ccc(O)cc2)=CC1=O. The van der Waals surface area contributed by atoms with E-state index in [2.05, 4.69) is 15.3 Å². The number of benzene rings is 2. The molecule has 7 nitrogen and oxygen atoms in total. The van der Waals surface area contributed by atoms with Crippen LogP contribution in [0, 0.1) is 0 Å². The zero-order valence-electron chi connectivity index (χ0n) is 12.5. The highest BCUT2D eigenvalue weighted by Crippen LogP contribution is 2.21. The largest absolute Gasteiger partial charge is 0.508 e. The molecule has 0 unspecified atom stereocenters. The molecule has 2 aromatic rings. The van der Waals surface area contributed by atoms with E-state index in [9.17, 15) is 15.0 Å². The number of hydrogen-bond acceptors (Lipinski definition) is 6. The first-order valence-corrected chi connectivity index (χ1v) is 7.05. The standard InChI is InChI=1S/C17H14N4O3/c18-16-15(24)9-14(19-10-1-5-12(22)6-2-10)17(21-16)20-11-3-7-13(23)8-4-11/h1-9,19,22-23H,(H2,18,20,21). The third-order valence-corrected chi connectivity index (χ3v) is 3.23. The van der Waals surface area contributed by atoms with Gasteiger partial charge in [0, 0.05) is 11.8 Å². The van der Waals surface area contributed by atoms with Gasteiger partial charge in [-0.25, -0.2) is 9.98 Å². The highest BCUT2D eigenvalue weighted by Gasteiger charge is 2.19. The lowest BCUT2D eigenvalue weighted by Gasteiger charge is -2.14. The number of nitrogens with one attached hydrogen (secondary N) is 1. The Morgan fingerprint density at radius 1 is 0.958 bits per heavy atom. The number of phenols is 2. The number of dihydropyridines is 1. The summed E-state index contributed by atoms with van der Waals surface area (Å²) in [6, 6.07) is 12.6. The van der Waals surface area contributed by atoms with Crippen molar-refractivity contribution in [3.05, 3.63) is 60.3 Å². The van der Waals surface area contributed by atoms with E-state index < -0.39 is 5.78 Å². The molecule has 0 saturated carbocycles. The molecule has 1 aliphatic heterocycles. The number of anilines is 1. The minimum Gasteiger partial charge on any atom is -0.508 e. The van der Waals surface area contributed by atoms with Gasteiger partial charge >= 0.3 is 0 Å². The van der Waals surface area contributed by atoms with Crippen LogP contribution in [0.1, 0.15) is 0 Å². The third-order valence-electron chi connectivity index (χ3n) is 3.23. The van der Waals surface area contributed by atoms with E-state index >= 15 is 0 Å². The molecule has 0 saturated heterocycles. The second-order valence-electron chi connectivity index (χ2n) is 5.04. The molecule has 0 bridgehead atoms. The van der Waals surface area contributed by atoms with Crippen molar-refractivity contribution in [1.29, 1.82) is 0 Å². The van der Waals surface area contributed by atoms with Crippen LogP contribution in [0.2, 0.25) is 0 Å². The summed E-state index contributed by atoms with van der Waals surface area (Å²) >= 11 is 0. The van der Waals surface area contributed by atoms with E-state index in [4.69, 9.17) is 5.73 Å². The molecule has 2 aromatic carbocycles. The van der Waals surface area contributed by atoms with Gasteiger partial charge in [-0.3, -0.25) is 4.79 Å². The Balaban J connectivity index is 1.94. The van der Waals surface area contributed by atoms with Crippen molar-refractivity contribution in [2.24, 2.45) is 15.7 Å². The van der Waals surface area contributed by atoms with E-state index in [1.54, 1.807) is 24.3 Å². The zero-order valence-corrected chi connectivity index (χ0v) is 12.5. The van der Waals surface area contributed by atoms with Crippen LogP contribution in [0.3, 0.4) is 0 Å². The molecule has 1 heterocycles. The summed E-state index contributed by atoms with van der Waals surface area (Å²) in [5.74, 6) is -0.0659. The molecule has 0 fully saturated rings. The van der Waals surface area contributed by atoms with Crippen LogP contribution in [0.4, 0.5) is 11.4 Å². The summed E-state index contributed by atoms with van der Waals surface area (Å²) < 4.78 is 0. The van der Waals surface area contributed by atoms with Crippen LogP contribution in [0.15, 0.2) is 70.3 Å². The number of hydrogen-bond donors (Lipinski definition) is 4. The summed E-state index contributed by atoms with van der Waals surface area (Å²) in [4.78, 5) is 20.2. The summed E-state index contributed by atoms with van der Waals surface area (Å²) in [5.41, 5.74) is 7.18. The number of nitrogens with zero attached hydrogens (tertiary/aromatic N) is 2. The van der Waals surface area contributed by atoms with Crippen molar-refractivity contribution >= 4 is 28.8 Å². The Bertz CT molecular complexity index is 866.